The number of halogens is 3. The quantitative estimate of drug-likeness (QED) is 0.441. The van der Waals surface area contributed by atoms with Gasteiger partial charge in [-0.15, -0.1) is 0 Å². The van der Waals surface area contributed by atoms with Gasteiger partial charge >= 0.3 is 32.5 Å². The van der Waals surface area contributed by atoms with E-state index in [2.05, 4.69) is 0 Å². The van der Waals surface area contributed by atoms with E-state index in [0.717, 1.165) is 0 Å². The Morgan fingerprint density at radius 1 is 1.36 bits per heavy atom. The number of hydrogen-bond acceptors (Lipinski definition) is 4. The molecule has 0 N–H and O–H groups in total. The predicted octanol–water partition coefficient (Wildman–Crippen LogP) is -1.37. The molecule has 0 aromatic rings. The second kappa shape index (κ2) is 3.42. The molecule has 0 saturated heterocycles. The summed E-state index contributed by atoms with van der Waals surface area (Å²) in [6, 6.07) is 0. The maximum absolute atomic E-state index is 11.4. The van der Waals surface area contributed by atoms with E-state index >= 15 is 0 Å². The zero-order valence-corrected chi connectivity index (χ0v) is 6.23. The van der Waals surface area contributed by atoms with Crippen LogP contribution in [-0.4, -0.2) is 19.6 Å². The monoisotopic (exact) mass is 240 g/mol. The minimum Gasteiger partial charge on any atom is -0.543 e. The summed E-state index contributed by atoms with van der Waals surface area (Å²) >= 11 is 0. The minimum absolute atomic E-state index is 0. The third-order valence-electron chi connectivity index (χ3n) is 0.544. The average Bonchev–Trinajstić information content (AvgIpc) is 1.62. The molecule has 0 fully saturated rings. The first-order valence-electron chi connectivity index (χ1n) is 1.73. The van der Waals surface area contributed by atoms with Crippen molar-refractivity contribution >= 4 is 16.2 Å². The number of carbonyl (C=O) groups excluding carboxylic acids is 1. The number of carboxylic acids is 1. The van der Waals surface area contributed by atoms with Gasteiger partial charge in [-0.3, -0.25) is 0 Å². The number of hydrogen-bond donors (Lipinski definition) is 0. The van der Waals surface area contributed by atoms with E-state index in [1.54, 1.807) is 0 Å². The van der Waals surface area contributed by atoms with Crippen molar-refractivity contribution in [2.45, 2.75) is 5.25 Å². The molecule has 4 nitrogen and oxygen atoms in total. The van der Waals surface area contributed by atoms with Crippen molar-refractivity contribution in [3.05, 3.63) is 0 Å². The van der Waals surface area contributed by atoms with E-state index in [1.165, 1.54) is 0 Å². The molecular formula is C2CuF3O4S. The first kappa shape index (κ1) is 13.3. The number of carboxylic acid groups (broad SMARTS) is 1. The summed E-state index contributed by atoms with van der Waals surface area (Å²) in [4.78, 5) is 9.19. The molecule has 0 rings (SSSR count). The smallest absolute Gasteiger partial charge is 0.543 e. The summed E-state index contributed by atoms with van der Waals surface area (Å²) in [5.41, 5.74) is 0. The van der Waals surface area contributed by atoms with E-state index in [0.29, 0.717) is 0 Å². The molecule has 0 aliphatic heterocycles. The van der Waals surface area contributed by atoms with Crippen LogP contribution in [0.1, 0.15) is 0 Å². The Balaban J connectivity index is 0. The van der Waals surface area contributed by atoms with Crippen LogP contribution in [0.2, 0.25) is 0 Å². The summed E-state index contributed by atoms with van der Waals surface area (Å²) in [5.74, 6) is -3.28. The Morgan fingerprint density at radius 2 is 1.64 bits per heavy atom. The molecule has 0 unspecified atom stereocenters. The van der Waals surface area contributed by atoms with E-state index in [9.17, 15) is 31.0 Å². The first-order chi connectivity index (χ1) is 4.19. The normalized spacial score (nSPS) is 11.9. The maximum atomic E-state index is 11.4. The Kier molecular flexibility index (Phi) is 4.14. The van der Waals surface area contributed by atoms with Gasteiger partial charge in [-0.1, -0.05) is 3.89 Å². The minimum atomic E-state index is -6.40. The van der Waals surface area contributed by atoms with Gasteiger partial charge in [-0.05, 0) is 0 Å². The molecule has 70 valence electrons. The molecule has 0 heterocycles. The van der Waals surface area contributed by atoms with Crippen molar-refractivity contribution in [1.82, 2.24) is 0 Å². The van der Waals surface area contributed by atoms with Gasteiger partial charge < -0.3 is 9.90 Å². The zero-order valence-electron chi connectivity index (χ0n) is 4.48. The summed E-state index contributed by atoms with van der Waals surface area (Å²) in [5, 5.41) is 3.74. The third-order valence-corrected chi connectivity index (χ3v) is 1.32. The third kappa shape index (κ3) is 2.68. The number of alkyl halides is 2. The van der Waals surface area contributed by atoms with E-state index in [-0.39, 0.29) is 17.1 Å². The molecule has 11 heavy (non-hydrogen) atoms. The van der Waals surface area contributed by atoms with Crippen molar-refractivity contribution < 1.29 is 48.1 Å². The van der Waals surface area contributed by atoms with Gasteiger partial charge in [0.2, 0.25) is 0 Å². The molecule has 0 aliphatic rings. The van der Waals surface area contributed by atoms with Crippen molar-refractivity contribution in [2.75, 3.05) is 0 Å². The fraction of sp³-hybridized carbons (Fsp3) is 0.500. The molecule has 0 radical (unpaired) electrons. The van der Waals surface area contributed by atoms with Crippen molar-refractivity contribution in [2.24, 2.45) is 0 Å². The van der Waals surface area contributed by atoms with Crippen molar-refractivity contribution in [3.63, 3.8) is 0 Å². The van der Waals surface area contributed by atoms with E-state index < -0.39 is 21.4 Å². The van der Waals surface area contributed by atoms with Crippen LogP contribution >= 0.6 is 0 Å². The van der Waals surface area contributed by atoms with Crippen LogP contribution in [0.3, 0.4) is 0 Å². The summed E-state index contributed by atoms with van der Waals surface area (Å²) in [6.07, 6.45) is 0. The van der Waals surface area contributed by atoms with Crippen LogP contribution in [0.15, 0.2) is 0 Å². The molecule has 0 aliphatic carbocycles. The fourth-order valence-electron chi connectivity index (χ4n) is 0.0995. The van der Waals surface area contributed by atoms with Gasteiger partial charge in [0.15, 0.2) is 0 Å². The van der Waals surface area contributed by atoms with Crippen LogP contribution in [0, 0.1) is 0 Å². The summed E-state index contributed by atoms with van der Waals surface area (Å²) < 4.78 is 52.6. The number of carbonyl (C=O) groups is 1. The zero-order chi connectivity index (χ0) is 8.58. The second-order valence-corrected chi connectivity index (χ2v) is 2.63. The standard InChI is InChI=1S/C2HF3O4S.Cu/c3-2(4,1(6)7)10(5,8)9;/h(H,6,7);/q;+1/p-1. The van der Waals surface area contributed by atoms with E-state index in [1.807, 2.05) is 0 Å². The molecule has 0 aromatic carbocycles. The van der Waals surface area contributed by atoms with Crippen molar-refractivity contribution in [3.8, 4) is 0 Å². The molecule has 0 saturated carbocycles. The van der Waals surface area contributed by atoms with Crippen LogP contribution in [-0.2, 0) is 32.1 Å². The van der Waals surface area contributed by atoms with Gasteiger partial charge in [-0.2, -0.15) is 17.2 Å². The Labute approximate surface area is 70.1 Å². The molecule has 0 amide bonds. The molecular weight excluding hydrogens is 241 g/mol. The Bertz CT molecular complexity index is 246. The SMILES string of the molecule is O=C([O-])C(F)(F)S(=O)(=O)F.[Cu+]. The van der Waals surface area contributed by atoms with Crippen LogP contribution in [0.4, 0.5) is 12.7 Å². The molecule has 0 spiro atoms. The molecule has 9 heteroatoms. The maximum Gasteiger partial charge on any atom is 1.00 e. The fourth-order valence-corrected chi connectivity index (χ4v) is 0.299. The van der Waals surface area contributed by atoms with Gasteiger partial charge in [0.1, 0.15) is 5.97 Å². The topological polar surface area (TPSA) is 74.3 Å². The predicted molar refractivity (Wildman–Crippen MR) is 20.0 cm³/mol. The average molecular weight is 241 g/mol. The Morgan fingerprint density at radius 3 is 1.64 bits per heavy atom. The van der Waals surface area contributed by atoms with E-state index in [4.69, 9.17) is 0 Å². The van der Waals surface area contributed by atoms with Gasteiger partial charge in [0.25, 0.3) is 0 Å². The number of aliphatic carboxylic acids is 1. The van der Waals surface area contributed by atoms with Gasteiger partial charge in [-0.25, -0.2) is 0 Å². The van der Waals surface area contributed by atoms with Gasteiger partial charge in [0.05, 0.1) is 0 Å². The van der Waals surface area contributed by atoms with Crippen LogP contribution in [0.5, 0.6) is 0 Å². The second-order valence-electron chi connectivity index (χ2n) is 1.24. The summed E-state index contributed by atoms with van der Waals surface area (Å²) in [7, 11) is -6.40. The van der Waals surface area contributed by atoms with Gasteiger partial charge in [0, 0.05) is 0 Å². The Hall–Kier alpha value is -0.271. The number of rotatable bonds is 2. The summed E-state index contributed by atoms with van der Waals surface area (Å²) in [6.45, 7) is 0. The van der Waals surface area contributed by atoms with Crippen molar-refractivity contribution in [1.29, 1.82) is 0 Å². The van der Waals surface area contributed by atoms with Crippen LogP contribution in [0.25, 0.3) is 0 Å². The molecule has 0 atom stereocenters. The molecule has 0 aromatic heterocycles. The molecule has 0 bridgehead atoms. The largest absolute Gasteiger partial charge is 1.00 e. The van der Waals surface area contributed by atoms with Crippen LogP contribution < -0.4 is 5.11 Å². The first-order valence-corrected chi connectivity index (χ1v) is 3.11.